The summed E-state index contributed by atoms with van der Waals surface area (Å²) in [4.78, 5) is 2.39. The van der Waals surface area contributed by atoms with E-state index in [4.69, 9.17) is 5.11 Å². The third-order valence-electron chi connectivity index (χ3n) is 3.08. The van der Waals surface area contributed by atoms with E-state index in [-0.39, 0.29) is 6.10 Å². The lowest BCUT2D eigenvalue weighted by Gasteiger charge is -2.35. The van der Waals surface area contributed by atoms with E-state index in [1.807, 2.05) is 6.92 Å². The molecule has 0 saturated carbocycles. The van der Waals surface area contributed by atoms with Crippen LogP contribution in [0.25, 0.3) is 0 Å². The third kappa shape index (κ3) is 3.95. The molecule has 0 aromatic rings. The average molecular weight is 200 g/mol. The van der Waals surface area contributed by atoms with Crippen LogP contribution in [0.2, 0.25) is 0 Å². The van der Waals surface area contributed by atoms with Crippen LogP contribution >= 0.6 is 0 Å². The van der Waals surface area contributed by atoms with Gasteiger partial charge in [0.25, 0.3) is 0 Å². The van der Waals surface area contributed by atoms with Gasteiger partial charge in [-0.25, -0.2) is 0 Å². The topological polar surface area (TPSA) is 35.5 Å². The molecule has 1 rings (SSSR count). The lowest BCUT2D eigenvalue weighted by Crippen LogP contribution is -2.47. The number of piperidine rings is 1. The molecule has 3 atom stereocenters. The van der Waals surface area contributed by atoms with Crippen molar-refractivity contribution in [3.8, 4) is 0 Å². The number of hydrogen-bond donors (Lipinski definition) is 2. The number of nitrogens with zero attached hydrogens (tertiary/aromatic N) is 1. The number of aliphatic hydroxyl groups excluding tert-OH is 1. The second-order valence-electron chi connectivity index (χ2n) is 4.73. The summed E-state index contributed by atoms with van der Waals surface area (Å²) < 4.78 is 0. The van der Waals surface area contributed by atoms with Crippen LogP contribution in [-0.2, 0) is 0 Å². The van der Waals surface area contributed by atoms with Crippen molar-refractivity contribution >= 4 is 0 Å². The Bertz CT molecular complexity index is 161. The van der Waals surface area contributed by atoms with Crippen LogP contribution in [0.1, 0.15) is 26.7 Å². The summed E-state index contributed by atoms with van der Waals surface area (Å²) in [7, 11) is 2.18. The summed E-state index contributed by atoms with van der Waals surface area (Å²) in [6.07, 6.45) is 1.92. The molecule has 3 heteroatoms. The third-order valence-corrected chi connectivity index (χ3v) is 3.08. The zero-order chi connectivity index (χ0) is 10.6. The quantitative estimate of drug-likeness (QED) is 0.701. The SMILES string of the molecule is CC(O)CCNC1CCN(C)CC1C. The van der Waals surface area contributed by atoms with Gasteiger partial charge in [-0.2, -0.15) is 0 Å². The molecule has 0 spiro atoms. The summed E-state index contributed by atoms with van der Waals surface area (Å²) in [5.74, 6) is 0.725. The normalized spacial score (nSPS) is 31.7. The first-order chi connectivity index (χ1) is 6.59. The molecule has 1 heterocycles. The van der Waals surface area contributed by atoms with E-state index >= 15 is 0 Å². The van der Waals surface area contributed by atoms with E-state index in [1.165, 1.54) is 19.5 Å². The van der Waals surface area contributed by atoms with Crippen LogP contribution in [0, 0.1) is 5.92 Å². The Morgan fingerprint density at radius 3 is 2.86 bits per heavy atom. The molecule has 14 heavy (non-hydrogen) atoms. The first-order valence-electron chi connectivity index (χ1n) is 5.69. The van der Waals surface area contributed by atoms with Crippen molar-refractivity contribution in [1.82, 2.24) is 10.2 Å². The second-order valence-corrected chi connectivity index (χ2v) is 4.73. The molecule has 1 aliphatic rings. The van der Waals surface area contributed by atoms with Gasteiger partial charge in [0.2, 0.25) is 0 Å². The number of hydrogen-bond acceptors (Lipinski definition) is 3. The molecule has 0 aromatic carbocycles. The van der Waals surface area contributed by atoms with Gasteiger partial charge < -0.3 is 15.3 Å². The summed E-state index contributed by atoms with van der Waals surface area (Å²) in [6, 6.07) is 0.643. The Morgan fingerprint density at radius 2 is 2.29 bits per heavy atom. The highest BCUT2D eigenvalue weighted by molar-refractivity contribution is 4.81. The maximum Gasteiger partial charge on any atom is 0.0524 e. The number of rotatable bonds is 4. The van der Waals surface area contributed by atoms with Crippen molar-refractivity contribution in [2.24, 2.45) is 5.92 Å². The maximum atomic E-state index is 9.14. The molecular weight excluding hydrogens is 176 g/mol. The molecule has 0 radical (unpaired) electrons. The Morgan fingerprint density at radius 1 is 1.57 bits per heavy atom. The van der Waals surface area contributed by atoms with E-state index in [2.05, 4.69) is 24.2 Å². The highest BCUT2D eigenvalue weighted by atomic mass is 16.3. The molecular formula is C11H24N2O. The molecule has 3 unspecified atom stereocenters. The fourth-order valence-electron chi connectivity index (χ4n) is 2.13. The van der Waals surface area contributed by atoms with Crippen LogP contribution in [0.15, 0.2) is 0 Å². The van der Waals surface area contributed by atoms with Gasteiger partial charge in [-0.15, -0.1) is 0 Å². The minimum atomic E-state index is -0.177. The highest BCUT2D eigenvalue weighted by Gasteiger charge is 2.23. The minimum absolute atomic E-state index is 0.177. The minimum Gasteiger partial charge on any atom is -0.393 e. The number of aliphatic hydroxyl groups is 1. The van der Waals surface area contributed by atoms with E-state index in [9.17, 15) is 0 Å². The van der Waals surface area contributed by atoms with Gasteiger partial charge in [-0.3, -0.25) is 0 Å². The fraction of sp³-hybridized carbons (Fsp3) is 1.00. The fourth-order valence-corrected chi connectivity index (χ4v) is 2.13. The van der Waals surface area contributed by atoms with Crippen molar-refractivity contribution in [3.63, 3.8) is 0 Å². The van der Waals surface area contributed by atoms with Crippen LogP contribution in [0.3, 0.4) is 0 Å². The predicted octanol–water partition coefficient (Wildman–Crippen LogP) is 0.687. The summed E-state index contributed by atoms with van der Waals surface area (Å²) >= 11 is 0. The summed E-state index contributed by atoms with van der Waals surface area (Å²) in [5, 5.41) is 12.7. The lowest BCUT2D eigenvalue weighted by molar-refractivity contribution is 0.157. The van der Waals surface area contributed by atoms with Crippen LogP contribution in [0.5, 0.6) is 0 Å². The average Bonchev–Trinajstić information content (AvgIpc) is 2.08. The van der Waals surface area contributed by atoms with Gasteiger partial charge in [-0.1, -0.05) is 6.92 Å². The molecule has 0 bridgehead atoms. The van der Waals surface area contributed by atoms with Gasteiger partial charge >= 0.3 is 0 Å². The standard InChI is InChI=1S/C11H24N2O/c1-9-8-13(3)7-5-11(9)12-6-4-10(2)14/h9-12,14H,4-8H2,1-3H3. The van der Waals surface area contributed by atoms with E-state index in [1.54, 1.807) is 0 Å². The largest absolute Gasteiger partial charge is 0.393 e. The van der Waals surface area contributed by atoms with E-state index in [0.717, 1.165) is 18.9 Å². The van der Waals surface area contributed by atoms with Crippen LogP contribution in [0.4, 0.5) is 0 Å². The van der Waals surface area contributed by atoms with Gasteiger partial charge in [-0.05, 0) is 45.8 Å². The Balaban J connectivity index is 2.17. The molecule has 0 amide bonds. The lowest BCUT2D eigenvalue weighted by atomic mass is 9.94. The molecule has 1 fully saturated rings. The van der Waals surface area contributed by atoms with Crippen molar-refractivity contribution in [3.05, 3.63) is 0 Å². The summed E-state index contributed by atoms with van der Waals surface area (Å²) in [6.45, 7) is 7.47. The molecule has 1 saturated heterocycles. The molecule has 3 nitrogen and oxygen atoms in total. The van der Waals surface area contributed by atoms with Gasteiger partial charge in [0, 0.05) is 12.6 Å². The number of nitrogens with one attached hydrogen (secondary N) is 1. The highest BCUT2D eigenvalue weighted by Crippen LogP contribution is 2.15. The second kappa shape index (κ2) is 5.69. The van der Waals surface area contributed by atoms with E-state index in [0.29, 0.717) is 6.04 Å². The molecule has 0 aromatic heterocycles. The van der Waals surface area contributed by atoms with Crippen molar-refractivity contribution in [2.45, 2.75) is 38.8 Å². The van der Waals surface area contributed by atoms with E-state index < -0.39 is 0 Å². The monoisotopic (exact) mass is 200 g/mol. The van der Waals surface area contributed by atoms with Crippen LogP contribution < -0.4 is 5.32 Å². The van der Waals surface area contributed by atoms with Crippen LogP contribution in [-0.4, -0.2) is 48.8 Å². The molecule has 2 N–H and O–H groups in total. The predicted molar refractivity (Wildman–Crippen MR) is 59.4 cm³/mol. The van der Waals surface area contributed by atoms with Gasteiger partial charge in [0.1, 0.15) is 0 Å². The van der Waals surface area contributed by atoms with Crippen molar-refractivity contribution in [1.29, 1.82) is 0 Å². The molecule has 1 aliphatic heterocycles. The Hall–Kier alpha value is -0.120. The van der Waals surface area contributed by atoms with Crippen molar-refractivity contribution in [2.75, 3.05) is 26.7 Å². The zero-order valence-electron chi connectivity index (χ0n) is 9.66. The van der Waals surface area contributed by atoms with Crippen molar-refractivity contribution < 1.29 is 5.11 Å². The smallest absolute Gasteiger partial charge is 0.0524 e. The number of likely N-dealkylation sites (tertiary alicyclic amines) is 1. The Labute approximate surface area is 87.5 Å². The first-order valence-corrected chi connectivity index (χ1v) is 5.69. The van der Waals surface area contributed by atoms with Gasteiger partial charge in [0.05, 0.1) is 6.10 Å². The summed E-state index contributed by atoms with van der Waals surface area (Å²) in [5.41, 5.74) is 0. The zero-order valence-corrected chi connectivity index (χ0v) is 9.66. The maximum absolute atomic E-state index is 9.14. The Kier molecular flexibility index (Phi) is 4.85. The van der Waals surface area contributed by atoms with Gasteiger partial charge in [0.15, 0.2) is 0 Å². The molecule has 0 aliphatic carbocycles. The first kappa shape index (κ1) is 12.0. The molecule has 84 valence electrons.